The van der Waals surface area contributed by atoms with Crippen LogP contribution >= 0.6 is 0 Å². The second kappa shape index (κ2) is 6.97. The van der Waals surface area contributed by atoms with E-state index in [1.54, 1.807) is 5.56 Å². The second-order valence-corrected chi connectivity index (χ2v) is 6.26. The van der Waals surface area contributed by atoms with Gasteiger partial charge in [-0.1, -0.05) is 58.7 Å². The Morgan fingerprint density at radius 3 is 2.28 bits per heavy atom. The van der Waals surface area contributed by atoms with Crippen LogP contribution in [-0.4, -0.2) is 0 Å². The number of benzene rings is 1. The molecular weight excluding hydrogens is 216 g/mol. The van der Waals surface area contributed by atoms with Gasteiger partial charge < -0.3 is 0 Å². The first kappa shape index (κ1) is 15.3. The Morgan fingerprint density at radius 2 is 1.72 bits per heavy atom. The van der Waals surface area contributed by atoms with Crippen LogP contribution in [0.4, 0.5) is 0 Å². The van der Waals surface area contributed by atoms with Gasteiger partial charge in [0.2, 0.25) is 0 Å². The third-order valence-electron chi connectivity index (χ3n) is 4.28. The summed E-state index contributed by atoms with van der Waals surface area (Å²) in [6.07, 6.45) is 4.00. The molecule has 1 aromatic carbocycles. The SMILES string of the molecule is CCCC(CC(C)C)C(C)c1cccc(C)c1C. The quantitative estimate of drug-likeness (QED) is 0.589. The molecule has 0 aliphatic carbocycles. The lowest BCUT2D eigenvalue weighted by atomic mass is 9.78. The Hall–Kier alpha value is -0.780. The summed E-state index contributed by atoms with van der Waals surface area (Å²) in [5.74, 6) is 2.32. The predicted molar refractivity (Wildman–Crippen MR) is 82.2 cm³/mol. The highest BCUT2D eigenvalue weighted by Crippen LogP contribution is 2.34. The van der Waals surface area contributed by atoms with Crippen molar-refractivity contribution < 1.29 is 0 Å². The average molecular weight is 246 g/mol. The van der Waals surface area contributed by atoms with Crippen molar-refractivity contribution in [2.24, 2.45) is 11.8 Å². The Labute approximate surface area is 114 Å². The summed E-state index contributed by atoms with van der Waals surface area (Å²) in [6, 6.07) is 6.77. The van der Waals surface area contributed by atoms with Crippen LogP contribution in [0.2, 0.25) is 0 Å². The van der Waals surface area contributed by atoms with Crippen LogP contribution in [0, 0.1) is 25.7 Å². The van der Waals surface area contributed by atoms with E-state index in [-0.39, 0.29) is 0 Å². The van der Waals surface area contributed by atoms with E-state index in [1.807, 2.05) is 0 Å². The molecule has 0 heteroatoms. The Kier molecular flexibility index (Phi) is 5.91. The molecule has 0 saturated heterocycles. The van der Waals surface area contributed by atoms with Gasteiger partial charge in [0, 0.05) is 0 Å². The van der Waals surface area contributed by atoms with Crippen LogP contribution in [0.3, 0.4) is 0 Å². The van der Waals surface area contributed by atoms with Crippen molar-refractivity contribution in [3.8, 4) is 0 Å². The molecule has 0 saturated carbocycles. The molecule has 0 radical (unpaired) electrons. The van der Waals surface area contributed by atoms with Crippen LogP contribution in [-0.2, 0) is 0 Å². The van der Waals surface area contributed by atoms with Crippen molar-refractivity contribution in [3.63, 3.8) is 0 Å². The van der Waals surface area contributed by atoms with Crippen LogP contribution in [0.1, 0.15) is 69.6 Å². The third kappa shape index (κ3) is 3.86. The Bertz CT molecular complexity index is 362. The molecule has 0 nitrogen and oxygen atoms in total. The van der Waals surface area contributed by atoms with E-state index in [4.69, 9.17) is 0 Å². The topological polar surface area (TPSA) is 0 Å². The van der Waals surface area contributed by atoms with Gasteiger partial charge in [0.1, 0.15) is 0 Å². The van der Waals surface area contributed by atoms with Gasteiger partial charge in [-0.15, -0.1) is 0 Å². The molecule has 0 N–H and O–H groups in total. The number of aryl methyl sites for hydroxylation is 1. The van der Waals surface area contributed by atoms with E-state index in [0.29, 0.717) is 5.92 Å². The number of hydrogen-bond donors (Lipinski definition) is 0. The molecule has 102 valence electrons. The molecule has 18 heavy (non-hydrogen) atoms. The van der Waals surface area contributed by atoms with Crippen molar-refractivity contribution in [2.45, 2.75) is 66.7 Å². The zero-order valence-electron chi connectivity index (χ0n) is 13.1. The van der Waals surface area contributed by atoms with Gasteiger partial charge in [0.05, 0.1) is 0 Å². The van der Waals surface area contributed by atoms with Gasteiger partial charge in [-0.25, -0.2) is 0 Å². The average Bonchev–Trinajstić information content (AvgIpc) is 2.31. The van der Waals surface area contributed by atoms with Crippen molar-refractivity contribution in [3.05, 3.63) is 34.9 Å². The van der Waals surface area contributed by atoms with Gasteiger partial charge >= 0.3 is 0 Å². The van der Waals surface area contributed by atoms with Crippen LogP contribution < -0.4 is 0 Å². The van der Waals surface area contributed by atoms with Crippen molar-refractivity contribution in [1.82, 2.24) is 0 Å². The highest BCUT2D eigenvalue weighted by Gasteiger charge is 2.20. The fourth-order valence-corrected chi connectivity index (χ4v) is 3.07. The number of rotatable bonds is 6. The maximum absolute atomic E-state index is 2.42. The molecule has 2 unspecified atom stereocenters. The van der Waals surface area contributed by atoms with E-state index < -0.39 is 0 Å². The first-order valence-corrected chi connectivity index (χ1v) is 7.53. The second-order valence-electron chi connectivity index (χ2n) is 6.26. The molecule has 0 heterocycles. The van der Waals surface area contributed by atoms with E-state index in [0.717, 1.165) is 11.8 Å². The zero-order valence-corrected chi connectivity index (χ0v) is 13.1. The van der Waals surface area contributed by atoms with Gasteiger partial charge in [0.25, 0.3) is 0 Å². The lowest BCUT2D eigenvalue weighted by Crippen LogP contribution is -2.14. The highest BCUT2D eigenvalue weighted by molar-refractivity contribution is 5.35. The summed E-state index contributed by atoms with van der Waals surface area (Å²) < 4.78 is 0. The molecule has 1 aromatic rings. The van der Waals surface area contributed by atoms with Gasteiger partial charge in [-0.2, -0.15) is 0 Å². The summed E-state index contributed by atoms with van der Waals surface area (Å²) in [5, 5.41) is 0. The van der Waals surface area contributed by atoms with Crippen LogP contribution in [0.15, 0.2) is 18.2 Å². The Balaban J connectivity index is 2.94. The fourth-order valence-electron chi connectivity index (χ4n) is 3.07. The standard InChI is InChI=1S/C18H30/c1-7-9-17(12-13(2)3)16(6)18-11-8-10-14(4)15(18)5/h8,10-11,13,16-17H,7,9,12H2,1-6H3. The minimum absolute atomic E-state index is 0.687. The highest BCUT2D eigenvalue weighted by atomic mass is 14.3. The van der Waals surface area contributed by atoms with E-state index in [9.17, 15) is 0 Å². The van der Waals surface area contributed by atoms with Gasteiger partial charge in [0.15, 0.2) is 0 Å². The third-order valence-corrected chi connectivity index (χ3v) is 4.28. The number of hydrogen-bond acceptors (Lipinski definition) is 0. The van der Waals surface area contributed by atoms with Crippen molar-refractivity contribution in [2.75, 3.05) is 0 Å². The van der Waals surface area contributed by atoms with Gasteiger partial charge in [-0.05, 0) is 54.7 Å². The first-order valence-electron chi connectivity index (χ1n) is 7.53. The minimum Gasteiger partial charge on any atom is -0.0654 e. The van der Waals surface area contributed by atoms with E-state index in [1.165, 1.54) is 30.4 Å². The summed E-state index contributed by atoms with van der Waals surface area (Å²) in [5.41, 5.74) is 4.49. The lowest BCUT2D eigenvalue weighted by molar-refractivity contribution is 0.335. The van der Waals surface area contributed by atoms with Crippen molar-refractivity contribution >= 4 is 0 Å². The molecule has 0 aliphatic heterocycles. The van der Waals surface area contributed by atoms with Crippen LogP contribution in [0.25, 0.3) is 0 Å². The monoisotopic (exact) mass is 246 g/mol. The van der Waals surface area contributed by atoms with Crippen LogP contribution in [0.5, 0.6) is 0 Å². The molecule has 0 aliphatic rings. The molecule has 0 bridgehead atoms. The van der Waals surface area contributed by atoms with E-state index >= 15 is 0 Å². The van der Waals surface area contributed by atoms with Crippen molar-refractivity contribution in [1.29, 1.82) is 0 Å². The Morgan fingerprint density at radius 1 is 1.06 bits per heavy atom. The minimum atomic E-state index is 0.687. The van der Waals surface area contributed by atoms with Gasteiger partial charge in [-0.3, -0.25) is 0 Å². The zero-order chi connectivity index (χ0) is 13.7. The molecule has 1 rings (SSSR count). The summed E-state index contributed by atoms with van der Waals surface area (Å²) in [7, 11) is 0. The normalized spacial score (nSPS) is 14.8. The fraction of sp³-hybridized carbons (Fsp3) is 0.667. The maximum atomic E-state index is 2.42. The summed E-state index contributed by atoms with van der Waals surface area (Å²) in [6.45, 7) is 13.9. The smallest absolute Gasteiger partial charge is 0.0159 e. The summed E-state index contributed by atoms with van der Waals surface area (Å²) >= 11 is 0. The molecular formula is C18H30. The summed E-state index contributed by atoms with van der Waals surface area (Å²) in [4.78, 5) is 0. The molecule has 0 aromatic heterocycles. The molecule has 0 amide bonds. The first-order chi connectivity index (χ1) is 8.47. The van der Waals surface area contributed by atoms with E-state index in [2.05, 4.69) is 59.7 Å². The molecule has 2 atom stereocenters. The molecule has 0 spiro atoms. The predicted octanol–water partition coefficient (Wildman–Crippen LogP) is 5.87. The largest absolute Gasteiger partial charge is 0.0654 e. The lowest BCUT2D eigenvalue weighted by Gasteiger charge is -2.27. The molecule has 0 fully saturated rings. The maximum Gasteiger partial charge on any atom is -0.0159 e.